The lowest BCUT2D eigenvalue weighted by Crippen LogP contribution is -2.19. The summed E-state index contributed by atoms with van der Waals surface area (Å²) in [6.45, 7) is 2.46. The summed E-state index contributed by atoms with van der Waals surface area (Å²) >= 11 is 0. The van der Waals surface area contributed by atoms with Gasteiger partial charge in [-0.25, -0.2) is 4.79 Å². The van der Waals surface area contributed by atoms with Gasteiger partial charge in [0.05, 0.1) is 0 Å². The van der Waals surface area contributed by atoms with Crippen molar-refractivity contribution >= 4 is 5.97 Å². The van der Waals surface area contributed by atoms with Gasteiger partial charge in [-0.2, -0.15) is 13.2 Å². The third-order valence-corrected chi connectivity index (χ3v) is 0.720. The van der Waals surface area contributed by atoms with Crippen molar-refractivity contribution in [3.8, 4) is 0 Å². The molecule has 0 unspecified atom stereocenters. The molecule has 0 saturated carbocycles. The lowest BCUT2D eigenvalue weighted by Gasteiger charge is -2.05. The number of rotatable bonds is 1. The molecule has 1 radical (unpaired) electrons. The van der Waals surface area contributed by atoms with Crippen LogP contribution in [0.15, 0.2) is 12.2 Å². The number of hydrogen-bond acceptors (Lipinski definition) is 2. The summed E-state index contributed by atoms with van der Waals surface area (Å²) in [5.41, 5.74) is -1.55. The van der Waals surface area contributed by atoms with Gasteiger partial charge in [0, 0.05) is 0 Å². The molecule has 0 rings (SSSR count). The van der Waals surface area contributed by atoms with Crippen LogP contribution in [0.25, 0.3) is 0 Å². The largest absolute Gasteiger partial charge is 0.458 e. The normalized spacial score (nSPS) is 10.8. The van der Waals surface area contributed by atoms with Crippen LogP contribution in [0.4, 0.5) is 13.2 Å². The fourth-order valence-corrected chi connectivity index (χ4v) is 0.203. The minimum absolute atomic E-state index is 1.55. The zero-order valence-corrected chi connectivity index (χ0v) is 4.86. The van der Waals surface area contributed by atoms with Crippen LogP contribution in [0, 0.1) is 7.11 Å². The van der Waals surface area contributed by atoms with E-state index in [0.717, 1.165) is 0 Å². The molecule has 0 saturated heterocycles. The second-order valence-corrected chi connectivity index (χ2v) is 1.41. The van der Waals surface area contributed by atoms with Crippen molar-refractivity contribution in [1.29, 1.82) is 0 Å². The summed E-state index contributed by atoms with van der Waals surface area (Å²) in [5, 5.41) is 0. The second-order valence-electron chi connectivity index (χ2n) is 1.41. The maximum atomic E-state index is 11.5. The number of esters is 1. The first-order chi connectivity index (χ1) is 4.39. The molecule has 0 aliphatic heterocycles. The number of ether oxygens (including phenoxy) is 1. The van der Waals surface area contributed by atoms with Crippen molar-refractivity contribution in [2.45, 2.75) is 6.18 Å². The van der Waals surface area contributed by atoms with Crippen LogP contribution in [0.5, 0.6) is 0 Å². The third kappa shape index (κ3) is 2.08. The molecule has 0 aliphatic carbocycles. The molecule has 0 bridgehead atoms. The molecule has 2 nitrogen and oxygen atoms in total. The van der Waals surface area contributed by atoms with Crippen molar-refractivity contribution < 1.29 is 22.7 Å². The molecule has 0 fully saturated rings. The lowest BCUT2D eigenvalue weighted by molar-refractivity contribution is -0.145. The standard InChI is InChI=1S/C5H4F3O2/c1-3(4(9)10-2)5(6,7)8/h1-2H2. The number of halogens is 3. The van der Waals surface area contributed by atoms with Crippen LogP contribution in [-0.4, -0.2) is 12.1 Å². The highest BCUT2D eigenvalue weighted by Gasteiger charge is 2.37. The van der Waals surface area contributed by atoms with E-state index < -0.39 is 17.7 Å². The van der Waals surface area contributed by atoms with Gasteiger partial charge in [0.1, 0.15) is 12.7 Å². The molecule has 57 valence electrons. The van der Waals surface area contributed by atoms with Crippen molar-refractivity contribution in [3.63, 3.8) is 0 Å². The molecule has 10 heavy (non-hydrogen) atoms. The van der Waals surface area contributed by atoms with Crippen LogP contribution < -0.4 is 0 Å². The van der Waals surface area contributed by atoms with Gasteiger partial charge in [-0.05, 0) is 0 Å². The number of hydrogen-bond donors (Lipinski definition) is 0. The summed E-state index contributed by atoms with van der Waals surface area (Å²) in [4.78, 5) is 10.1. The zero-order valence-electron chi connectivity index (χ0n) is 4.86. The van der Waals surface area contributed by atoms with Crippen molar-refractivity contribution in [1.82, 2.24) is 0 Å². The summed E-state index contributed by atoms with van der Waals surface area (Å²) in [7, 11) is 2.51. The van der Waals surface area contributed by atoms with Crippen molar-refractivity contribution in [3.05, 3.63) is 19.3 Å². The molecular weight excluding hydrogens is 149 g/mol. The second kappa shape index (κ2) is 2.72. The molecule has 0 amide bonds. The molecule has 0 spiro atoms. The van der Waals surface area contributed by atoms with Gasteiger partial charge in [0.2, 0.25) is 0 Å². The van der Waals surface area contributed by atoms with E-state index in [1.807, 2.05) is 0 Å². The first-order valence-electron chi connectivity index (χ1n) is 2.12. The molecule has 5 heteroatoms. The van der Waals surface area contributed by atoms with Gasteiger partial charge in [-0.3, -0.25) is 0 Å². The van der Waals surface area contributed by atoms with Gasteiger partial charge >= 0.3 is 12.1 Å². The molecule has 0 aromatic heterocycles. The monoisotopic (exact) mass is 153 g/mol. The molecule has 0 aliphatic rings. The highest BCUT2D eigenvalue weighted by Crippen LogP contribution is 2.24. The van der Waals surface area contributed by atoms with Gasteiger partial charge in [-0.15, -0.1) is 0 Å². The van der Waals surface area contributed by atoms with Crippen LogP contribution in [0.3, 0.4) is 0 Å². The van der Waals surface area contributed by atoms with E-state index in [0.29, 0.717) is 0 Å². The number of carbonyl (C=O) groups is 1. The maximum absolute atomic E-state index is 11.5. The number of carbonyl (C=O) groups excluding carboxylic acids is 1. The smallest absolute Gasteiger partial charge is 0.422 e. The van der Waals surface area contributed by atoms with Crippen LogP contribution >= 0.6 is 0 Å². The fraction of sp³-hybridized carbons (Fsp3) is 0.200. The molecule has 0 atom stereocenters. The molecule has 0 heterocycles. The van der Waals surface area contributed by atoms with E-state index in [2.05, 4.69) is 18.4 Å². The van der Waals surface area contributed by atoms with Gasteiger partial charge < -0.3 is 4.74 Å². The topological polar surface area (TPSA) is 26.3 Å². The van der Waals surface area contributed by atoms with E-state index in [4.69, 9.17) is 0 Å². The Bertz CT molecular complexity index is 159. The summed E-state index contributed by atoms with van der Waals surface area (Å²) in [6.07, 6.45) is -4.73. The number of alkyl halides is 3. The Balaban J connectivity index is 4.24. The zero-order chi connectivity index (χ0) is 8.36. The predicted octanol–water partition coefficient (Wildman–Crippen LogP) is 1.44. The molecule has 0 N–H and O–H groups in total. The highest BCUT2D eigenvalue weighted by molar-refractivity contribution is 5.89. The average molecular weight is 153 g/mol. The Labute approximate surface area is 55.3 Å². The first kappa shape index (κ1) is 9.00. The van der Waals surface area contributed by atoms with Crippen LogP contribution in [-0.2, 0) is 9.53 Å². The summed E-state index contributed by atoms with van der Waals surface area (Å²) in [6, 6.07) is 0. The fourth-order valence-electron chi connectivity index (χ4n) is 0.203. The predicted molar refractivity (Wildman–Crippen MR) is 26.6 cm³/mol. The SMILES string of the molecule is [CH2]OC(=O)C(=C)C(F)(F)F. The van der Waals surface area contributed by atoms with Crippen LogP contribution in [0.2, 0.25) is 0 Å². The maximum Gasteiger partial charge on any atom is 0.422 e. The molecule has 0 aromatic rings. The lowest BCUT2D eigenvalue weighted by atomic mass is 10.3. The van der Waals surface area contributed by atoms with Crippen LogP contribution in [0.1, 0.15) is 0 Å². The third-order valence-electron chi connectivity index (χ3n) is 0.720. The Morgan fingerprint density at radius 1 is 1.40 bits per heavy atom. The minimum atomic E-state index is -4.73. The average Bonchev–Trinajstić information content (AvgIpc) is 1.83. The Morgan fingerprint density at radius 2 is 1.80 bits per heavy atom. The summed E-state index contributed by atoms with van der Waals surface area (Å²) < 4.78 is 37.9. The minimum Gasteiger partial charge on any atom is -0.458 e. The van der Waals surface area contributed by atoms with Crippen molar-refractivity contribution in [2.75, 3.05) is 0 Å². The Hall–Kier alpha value is -1.00. The van der Waals surface area contributed by atoms with E-state index in [9.17, 15) is 18.0 Å². The van der Waals surface area contributed by atoms with E-state index >= 15 is 0 Å². The van der Waals surface area contributed by atoms with Gasteiger partial charge in [-0.1, -0.05) is 6.58 Å². The van der Waals surface area contributed by atoms with Crippen molar-refractivity contribution in [2.24, 2.45) is 0 Å². The van der Waals surface area contributed by atoms with Gasteiger partial charge in [0.25, 0.3) is 0 Å². The molecule has 0 aromatic carbocycles. The van der Waals surface area contributed by atoms with E-state index in [-0.39, 0.29) is 0 Å². The van der Waals surface area contributed by atoms with E-state index in [1.54, 1.807) is 0 Å². The van der Waals surface area contributed by atoms with Gasteiger partial charge in [0.15, 0.2) is 0 Å². The quantitative estimate of drug-likeness (QED) is 0.420. The van der Waals surface area contributed by atoms with E-state index in [1.165, 1.54) is 0 Å². The Morgan fingerprint density at radius 3 is 1.90 bits per heavy atom. The first-order valence-corrected chi connectivity index (χ1v) is 2.12. The Kier molecular flexibility index (Phi) is 2.45. The summed E-state index contributed by atoms with van der Waals surface area (Å²) in [5.74, 6) is -1.56. The molecular formula is C5H4F3O2. The highest BCUT2D eigenvalue weighted by atomic mass is 19.4.